The number of aliphatic hydroxyl groups excluding tert-OH is 1. The van der Waals surface area contributed by atoms with E-state index in [4.69, 9.17) is 18.9 Å². The molecule has 1 N–H and O–H groups in total. The van der Waals surface area contributed by atoms with Gasteiger partial charge in [-0.3, -0.25) is 14.5 Å². The van der Waals surface area contributed by atoms with Gasteiger partial charge < -0.3 is 24.1 Å². The quantitative estimate of drug-likeness (QED) is 0.0829. The standard InChI is InChI=1S/C31H30N2O8S/c1-4-6-13-38-21-9-7-8-19(16-21)25-24(26(34)20-10-11-22-23(17-20)40-15-14-39-22)27(35)29(36)33(25)31-32-18(3)28(42-31)30(37)41-12-5-2/h5,7-11,16-17,25,34H,2,4,6,12-15H2,1,3H3/b26-24-. The van der Waals surface area contributed by atoms with E-state index in [0.29, 0.717) is 48.3 Å². The number of aromatic nitrogens is 1. The zero-order valence-electron chi connectivity index (χ0n) is 23.3. The van der Waals surface area contributed by atoms with Crippen molar-refractivity contribution in [3.63, 3.8) is 0 Å². The number of esters is 1. The summed E-state index contributed by atoms with van der Waals surface area (Å²) in [6.45, 7) is 8.48. The first-order valence-electron chi connectivity index (χ1n) is 13.5. The van der Waals surface area contributed by atoms with Crippen LogP contribution in [0, 0.1) is 6.92 Å². The summed E-state index contributed by atoms with van der Waals surface area (Å²) < 4.78 is 22.3. The van der Waals surface area contributed by atoms with Gasteiger partial charge in [-0.2, -0.15) is 0 Å². The number of ether oxygens (including phenoxy) is 4. The van der Waals surface area contributed by atoms with Crippen molar-refractivity contribution in [2.45, 2.75) is 32.7 Å². The molecule has 1 fully saturated rings. The molecule has 2 aliphatic heterocycles. The Bertz CT molecular complexity index is 1580. The highest BCUT2D eigenvalue weighted by Crippen LogP contribution is 2.45. The number of aryl methyl sites for hydroxylation is 1. The van der Waals surface area contributed by atoms with E-state index >= 15 is 0 Å². The summed E-state index contributed by atoms with van der Waals surface area (Å²) in [7, 11) is 0. The Hall–Kier alpha value is -4.64. The maximum Gasteiger partial charge on any atom is 0.350 e. The summed E-state index contributed by atoms with van der Waals surface area (Å²) in [5, 5.41) is 11.7. The van der Waals surface area contributed by atoms with E-state index in [1.807, 2.05) is 0 Å². The highest BCUT2D eigenvalue weighted by molar-refractivity contribution is 7.17. The van der Waals surface area contributed by atoms with E-state index in [2.05, 4.69) is 18.5 Å². The molecule has 10 nitrogen and oxygen atoms in total. The van der Waals surface area contributed by atoms with Gasteiger partial charge in [-0.1, -0.05) is 49.5 Å². The Morgan fingerprint density at radius 2 is 1.98 bits per heavy atom. The molecule has 0 aliphatic carbocycles. The van der Waals surface area contributed by atoms with E-state index in [0.717, 1.165) is 24.2 Å². The third-order valence-corrected chi connectivity index (χ3v) is 7.85. The largest absolute Gasteiger partial charge is 0.507 e. The number of anilines is 1. The number of ketones is 1. The van der Waals surface area contributed by atoms with Crippen LogP contribution in [-0.4, -0.2) is 54.2 Å². The van der Waals surface area contributed by atoms with Gasteiger partial charge in [0.05, 0.1) is 23.9 Å². The summed E-state index contributed by atoms with van der Waals surface area (Å²) in [6.07, 6.45) is 3.26. The number of Topliss-reactive ketones (excluding diaryl/α,β-unsaturated/α-hetero) is 1. The topological polar surface area (TPSA) is 124 Å². The van der Waals surface area contributed by atoms with Crippen LogP contribution in [0.25, 0.3) is 5.76 Å². The molecule has 2 aliphatic rings. The molecule has 218 valence electrons. The Balaban J connectivity index is 1.63. The first kappa shape index (κ1) is 28.9. The van der Waals surface area contributed by atoms with E-state index in [-0.39, 0.29) is 33.5 Å². The number of hydrogen-bond acceptors (Lipinski definition) is 10. The molecular formula is C31H30N2O8S. The van der Waals surface area contributed by atoms with Gasteiger partial charge in [0, 0.05) is 5.56 Å². The van der Waals surface area contributed by atoms with Gasteiger partial charge in [-0.25, -0.2) is 9.78 Å². The van der Waals surface area contributed by atoms with Crippen molar-refractivity contribution in [2.24, 2.45) is 0 Å². The summed E-state index contributed by atoms with van der Waals surface area (Å²) in [5.74, 6) is -1.30. The Labute approximate surface area is 246 Å². The van der Waals surface area contributed by atoms with Crippen LogP contribution in [0.1, 0.15) is 52.3 Å². The second-order valence-electron chi connectivity index (χ2n) is 9.60. The fraction of sp³-hybridized carbons (Fsp3) is 0.290. The Morgan fingerprint density at radius 1 is 1.19 bits per heavy atom. The van der Waals surface area contributed by atoms with Crippen molar-refractivity contribution in [2.75, 3.05) is 31.3 Å². The van der Waals surface area contributed by atoms with Crippen LogP contribution in [-0.2, 0) is 14.3 Å². The lowest BCUT2D eigenvalue weighted by atomic mass is 9.95. The minimum atomic E-state index is -1.06. The van der Waals surface area contributed by atoms with Gasteiger partial charge in [0.15, 0.2) is 16.6 Å². The molecule has 3 heterocycles. The van der Waals surface area contributed by atoms with E-state index < -0.39 is 23.7 Å². The second-order valence-corrected chi connectivity index (χ2v) is 10.6. The third kappa shape index (κ3) is 5.60. The van der Waals surface area contributed by atoms with Crippen molar-refractivity contribution in [3.8, 4) is 17.2 Å². The molecule has 0 spiro atoms. The summed E-state index contributed by atoms with van der Waals surface area (Å²) in [5.41, 5.74) is 1.01. The molecule has 11 heteroatoms. The lowest BCUT2D eigenvalue weighted by molar-refractivity contribution is -0.132. The van der Waals surface area contributed by atoms with Crippen LogP contribution in [0.2, 0.25) is 0 Å². The van der Waals surface area contributed by atoms with Crippen LogP contribution >= 0.6 is 11.3 Å². The van der Waals surface area contributed by atoms with Gasteiger partial charge in [0.1, 0.15) is 36.2 Å². The molecule has 1 atom stereocenters. The van der Waals surface area contributed by atoms with Crippen LogP contribution in [0.4, 0.5) is 5.13 Å². The summed E-state index contributed by atoms with van der Waals surface area (Å²) >= 11 is 0.930. The molecular weight excluding hydrogens is 560 g/mol. The molecule has 2 aromatic carbocycles. The van der Waals surface area contributed by atoms with Gasteiger partial charge >= 0.3 is 11.9 Å². The number of thiazole rings is 1. The van der Waals surface area contributed by atoms with Crippen LogP contribution in [0.3, 0.4) is 0 Å². The van der Waals surface area contributed by atoms with Crippen molar-refractivity contribution >= 4 is 39.9 Å². The first-order chi connectivity index (χ1) is 20.3. The predicted octanol–water partition coefficient (Wildman–Crippen LogP) is 5.37. The SMILES string of the molecule is C=CCOC(=O)c1sc(N2C(=O)C(=O)/C(=C(\O)c3ccc4c(c3)OCCO4)C2c2cccc(OCCCC)c2)nc1C. The molecule has 42 heavy (non-hydrogen) atoms. The van der Waals surface area contributed by atoms with Crippen molar-refractivity contribution in [3.05, 3.63) is 82.4 Å². The second kappa shape index (κ2) is 12.5. The highest BCUT2D eigenvalue weighted by atomic mass is 32.1. The van der Waals surface area contributed by atoms with Crippen molar-refractivity contribution < 1.29 is 38.4 Å². The number of unbranched alkanes of at least 4 members (excludes halogenated alkanes) is 1. The predicted molar refractivity (Wildman–Crippen MR) is 156 cm³/mol. The molecule has 0 radical (unpaired) electrons. The molecule has 1 amide bonds. The van der Waals surface area contributed by atoms with Gasteiger partial charge in [-0.15, -0.1) is 0 Å². The monoisotopic (exact) mass is 590 g/mol. The first-order valence-corrected chi connectivity index (χ1v) is 14.3. The van der Waals surface area contributed by atoms with E-state index in [9.17, 15) is 19.5 Å². The minimum Gasteiger partial charge on any atom is -0.507 e. The van der Waals surface area contributed by atoms with Crippen LogP contribution < -0.4 is 19.1 Å². The van der Waals surface area contributed by atoms with Crippen LogP contribution in [0.5, 0.6) is 17.2 Å². The Morgan fingerprint density at radius 3 is 2.74 bits per heavy atom. The number of aliphatic hydroxyl groups is 1. The van der Waals surface area contributed by atoms with E-state index in [1.54, 1.807) is 49.4 Å². The average Bonchev–Trinajstić information content (AvgIpc) is 3.51. The maximum atomic E-state index is 13.6. The van der Waals surface area contributed by atoms with Gasteiger partial charge in [-0.05, 0) is 49.2 Å². The number of amides is 1. The average molecular weight is 591 g/mol. The number of benzene rings is 2. The zero-order valence-corrected chi connectivity index (χ0v) is 24.1. The Kier molecular flexibility index (Phi) is 8.58. The minimum absolute atomic E-state index is 0.0103. The van der Waals surface area contributed by atoms with E-state index in [1.165, 1.54) is 11.0 Å². The normalized spacial score (nSPS) is 17.3. The number of carbonyl (C=O) groups is 3. The van der Waals surface area contributed by atoms with Gasteiger partial charge in [0.2, 0.25) is 0 Å². The maximum absolute atomic E-state index is 13.6. The molecule has 0 saturated carbocycles. The fourth-order valence-corrected chi connectivity index (χ4v) is 5.66. The zero-order chi connectivity index (χ0) is 29.8. The number of carbonyl (C=O) groups excluding carboxylic acids is 3. The molecule has 0 bridgehead atoms. The number of fused-ring (bicyclic) bond motifs is 1. The molecule has 1 aromatic heterocycles. The molecule has 1 saturated heterocycles. The number of rotatable bonds is 10. The highest BCUT2D eigenvalue weighted by Gasteiger charge is 2.48. The lowest BCUT2D eigenvalue weighted by Crippen LogP contribution is -2.29. The third-order valence-electron chi connectivity index (χ3n) is 6.71. The number of hydrogen-bond donors (Lipinski definition) is 1. The summed E-state index contributed by atoms with van der Waals surface area (Å²) in [6, 6.07) is 10.8. The van der Waals surface area contributed by atoms with Crippen molar-refractivity contribution in [1.82, 2.24) is 4.98 Å². The molecule has 3 aromatic rings. The number of nitrogens with zero attached hydrogens (tertiary/aromatic N) is 2. The molecule has 1 unspecified atom stereocenters. The smallest absolute Gasteiger partial charge is 0.350 e. The summed E-state index contributed by atoms with van der Waals surface area (Å²) in [4.78, 5) is 45.7. The fourth-order valence-electron chi connectivity index (χ4n) is 4.67. The van der Waals surface area contributed by atoms with Crippen molar-refractivity contribution in [1.29, 1.82) is 0 Å². The van der Waals surface area contributed by atoms with Crippen LogP contribution in [0.15, 0.2) is 60.7 Å². The lowest BCUT2D eigenvalue weighted by Gasteiger charge is -2.24. The molecule has 5 rings (SSSR count). The van der Waals surface area contributed by atoms with Gasteiger partial charge in [0.25, 0.3) is 5.78 Å².